The molecule has 0 aromatic carbocycles. The number of hydrogen-bond donors (Lipinski definition) is 2. The summed E-state index contributed by atoms with van der Waals surface area (Å²) in [4.78, 5) is 0. The number of nitrogens with one attached hydrogen (secondary N) is 1. The van der Waals surface area contributed by atoms with E-state index in [1.807, 2.05) is 0 Å². The molecule has 1 aliphatic carbocycles. The normalized spacial score (nSPS) is 33.2. The Labute approximate surface area is 114 Å². The summed E-state index contributed by atoms with van der Waals surface area (Å²) in [6.45, 7) is 14.1. The van der Waals surface area contributed by atoms with Crippen molar-refractivity contribution < 1.29 is 0 Å². The summed E-state index contributed by atoms with van der Waals surface area (Å²) in [7, 11) is 0. The molecule has 2 heteroatoms. The Balaban J connectivity index is 2.56. The van der Waals surface area contributed by atoms with Crippen LogP contribution in [0, 0.1) is 29.1 Å². The summed E-state index contributed by atoms with van der Waals surface area (Å²) in [6, 6.07) is 0.495. The van der Waals surface area contributed by atoms with E-state index in [1.54, 1.807) is 0 Å². The fraction of sp³-hybridized carbons (Fsp3) is 1.00. The SMILES string of the molecule is CC1CCC(C(CC(C)C(C)(C)C)NN)CC1C. The second kappa shape index (κ2) is 6.38. The van der Waals surface area contributed by atoms with Gasteiger partial charge in [0, 0.05) is 6.04 Å². The second-order valence-electron chi connectivity index (χ2n) is 7.80. The van der Waals surface area contributed by atoms with E-state index in [4.69, 9.17) is 5.84 Å². The fourth-order valence-corrected chi connectivity index (χ4v) is 3.09. The molecule has 0 amide bonds. The topological polar surface area (TPSA) is 38.0 Å². The van der Waals surface area contributed by atoms with Gasteiger partial charge in [-0.1, -0.05) is 48.0 Å². The van der Waals surface area contributed by atoms with E-state index in [1.165, 1.54) is 25.7 Å². The predicted molar refractivity (Wildman–Crippen MR) is 80.0 cm³/mol. The summed E-state index contributed by atoms with van der Waals surface area (Å²) in [5, 5.41) is 0. The highest BCUT2D eigenvalue weighted by Crippen LogP contribution is 2.38. The van der Waals surface area contributed by atoms with Crippen molar-refractivity contribution in [1.82, 2.24) is 5.43 Å². The first-order valence-corrected chi connectivity index (χ1v) is 7.71. The third kappa shape index (κ3) is 4.24. The van der Waals surface area contributed by atoms with E-state index < -0.39 is 0 Å². The van der Waals surface area contributed by atoms with Gasteiger partial charge < -0.3 is 0 Å². The zero-order valence-electron chi connectivity index (χ0n) is 13.3. The third-order valence-corrected chi connectivity index (χ3v) is 5.51. The van der Waals surface area contributed by atoms with Crippen molar-refractivity contribution in [3.63, 3.8) is 0 Å². The summed E-state index contributed by atoms with van der Waals surface area (Å²) in [6.07, 6.45) is 5.25. The maximum Gasteiger partial charge on any atom is 0.0241 e. The highest BCUT2D eigenvalue weighted by Gasteiger charge is 2.32. The molecule has 3 N–H and O–H groups in total. The molecule has 1 fully saturated rings. The lowest BCUT2D eigenvalue weighted by molar-refractivity contribution is 0.136. The number of hydrogen-bond acceptors (Lipinski definition) is 2. The van der Waals surface area contributed by atoms with Gasteiger partial charge in [-0.3, -0.25) is 11.3 Å². The monoisotopic (exact) mass is 254 g/mol. The summed E-state index contributed by atoms with van der Waals surface area (Å²) in [5.41, 5.74) is 3.49. The van der Waals surface area contributed by atoms with Crippen LogP contribution in [0.2, 0.25) is 0 Å². The molecule has 2 nitrogen and oxygen atoms in total. The smallest absolute Gasteiger partial charge is 0.0241 e. The van der Waals surface area contributed by atoms with E-state index in [0.29, 0.717) is 17.4 Å². The molecule has 0 aromatic heterocycles. The molecule has 108 valence electrons. The first kappa shape index (κ1) is 16.0. The first-order chi connectivity index (χ1) is 8.25. The Kier molecular flexibility index (Phi) is 5.67. The van der Waals surface area contributed by atoms with E-state index >= 15 is 0 Å². The van der Waals surface area contributed by atoms with E-state index in [-0.39, 0.29) is 0 Å². The van der Waals surface area contributed by atoms with E-state index in [0.717, 1.165) is 17.8 Å². The molecule has 5 atom stereocenters. The lowest BCUT2D eigenvalue weighted by Gasteiger charge is -2.39. The van der Waals surface area contributed by atoms with Crippen LogP contribution in [0.25, 0.3) is 0 Å². The highest BCUT2D eigenvalue weighted by molar-refractivity contribution is 4.85. The van der Waals surface area contributed by atoms with Crippen LogP contribution >= 0.6 is 0 Å². The highest BCUT2D eigenvalue weighted by atomic mass is 15.2. The molecule has 0 aliphatic heterocycles. The Hall–Kier alpha value is -0.0800. The average Bonchev–Trinajstić information content (AvgIpc) is 2.28. The van der Waals surface area contributed by atoms with Crippen LogP contribution in [0.4, 0.5) is 0 Å². The molecule has 0 heterocycles. The Morgan fingerprint density at radius 2 is 1.78 bits per heavy atom. The average molecular weight is 254 g/mol. The molecular weight excluding hydrogens is 220 g/mol. The van der Waals surface area contributed by atoms with Gasteiger partial charge in [0.2, 0.25) is 0 Å². The van der Waals surface area contributed by atoms with Crippen molar-refractivity contribution >= 4 is 0 Å². The van der Waals surface area contributed by atoms with E-state index in [9.17, 15) is 0 Å². The number of rotatable bonds is 4. The van der Waals surface area contributed by atoms with Gasteiger partial charge in [-0.2, -0.15) is 0 Å². The Bertz CT molecular complexity index is 244. The molecule has 1 saturated carbocycles. The fourth-order valence-electron chi connectivity index (χ4n) is 3.09. The van der Waals surface area contributed by atoms with Crippen molar-refractivity contribution in [2.75, 3.05) is 0 Å². The van der Waals surface area contributed by atoms with Crippen molar-refractivity contribution in [2.24, 2.45) is 34.9 Å². The van der Waals surface area contributed by atoms with Gasteiger partial charge in [-0.25, -0.2) is 0 Å². The van der Waals surface area contributed by atoms with Crippen LogP contribution < -0.4 is 11.3 Å². The number of hydrazine groups is 1. The largest absolute Gasteiger partial charge is 0.271 e. The van der Waals surface area contributed by atoms with Crippen LogP contribution in [0.5, 0.6) is 0 Å². The summed E-state index contributed by atoms with van der Waals surface area (Å²) < 4.78 is 0. The molecule has 0 aromatic rings. The van der Waals surface area contributed by atoms with Gasteiger partial charge in [0.05, 0.1) is 0 Å². The molecule has 1 rings (SSSR count). The van der Waals surface area contributed by atoms with Crippen LogP contribution in [0.1, 0.15) is 67.2 Å². The summed E-state index contributed by atoms with van der Waals surface area (Å²) >= 11 is 0. The van der Waals surface area contributed by atoms with Crippen LogP contribution in [-0.4, -0.2) is 6.04 Å². The van der Waals surface area contributed by atoms with Gasteiger partial charge in [0.1, 0.15) is 0 Å². The minimum atomic E-state index is 0.378. The minimum Gasteiger partial charge on any atom is -0.271 e. The molecule has 5 unspecified atom stereocenters. The first-order valence-electron chi connectivity index (χ1n) is 7.71. The van der Waals surface area contributed by atoms with Gasteiger partial charge in [0.15, 0.2) is 0 Å². The maximum absolute atomic E-state index is 5.83. The zero-order valence-corrected chi connectivity index (χ0v) is 13.3. The number of nitrogens with two attached hydrogens (primary N) is 1. The molecule has 0 saturated heterocycles. The molecule has 0 radical (unpaired) electrons. The van der Waals surface area contributed by atoms with Crippen molar-refractivity contribution in [2.45, 2.75) is 73.3 Å². The van der Waals surface area contributed by atoms with Crippen molar-refractivity contribution in [3.05, 3.63) is 0 Å². The van der Waals surface area contributed by atoms with Crippen LogP contribution in [-0.2, 0) is 0 Å². The summed E-state index contributed by atoms with van der Waals surface area (Å²) in [5.74, 6) is 9.04. The maximum atomic E-state index is 5.83. The van der Waals surface area contributed by atoms with Crippen molar-refractivity contribution in [1.29, 1.82) is 0 Å². The van der Waals surface area contributed by atoms with Crippen LogP contribution in [0.15, 0.2) is 0 Å². The predicted octanol–water partition coefficient (Wildman–Crippen LogP) is 3.96. The minimum absolute atomic E-state index is 0.378. The standard InChI is InChI=1S/C16H34N2/c1-11-7-8-14(9-12(11)2)15(18-17)10-13(3)16(4,5)6/h11-15,18H,7-10,17H2,1-6H3. The van der Waals surface area contributed by atoms with Gasteiger partial charge in [0.25, 0.3) is 0 Å². The van der Waals surface area contributed by atoms with Crippen molar-refractivity contribution in [3.8, 4) is 0 Å². The van der Waals surface area contributed by atoms with Gasteiger partial charge in [-0.05, 0) is 48.3 Å². The second-order valence-corrected chi connectivity index (χ2v) is 7.80. The Morgan fingerprint density at radius 3 is 2.22 bits per heavy atom. The van der Waals surface area contributed by atoms with Gasteiger partial charge in [-0.15, -0.1) is 0 Å². The Morgan fingerprint density at radius 1 is 1.17 bits per heavy atom. The van der Waals surface area contributed by atoms with Crippen LogP contribution in [0.3, 0.4) is 0 Å². The molecular formula is C16H34N2. The lowest BCUT2D eigenvalue weighted by atomic mass is 9.70. The zero-order chi connectivity index (χ0) is 13.9. The molecule has 0 spiro atoms. The third-order valence-electron chi connectivity index (χ3n) is 5.51. The molecule has 1 aliphatic rings. The quantitative estimate of drug-likeness (QED) is 0.588. The van der Waals surface area contributed by atoms with E-state index in [2.05, 4.69) is 47.0 Å². The lowest BCUT2D eigenvalue weighted by Crippen LogP contribution is -2.45. The molecule has 18 heavy (non-hydrogen) atoms. The molecule has 0 bridgehead atoms. The van der Waals surface area contributed by atoms with Gasteiger partial charge >= 0.3 is 0 Å².